The second-order valence-electron chi connectivity index (χ2n) is 6.45. The van der Waals surface area contributed by atoms with E-state index in [1.54, 1.807) is 6.07 Å². The van der Waals surface area contributed by atoms with E-state index in [4.69, 9.17) is 22.1 Å². The van der Waals surface area contributed by atoms with Crippen LogP contribution in [-0.4, -0.2) is 46.1 Å². The van der Waals surface area contributed by atoms with Crippen molar-refractivity contribution in [2.45, 2.75) is 32.6 Å². The summed E-state index contributed by atoms with van der Waals surface area (Å²) in [7, 11) is 0. The van der Waals surface area contributed by atoms with E-state index in [1.807, 2.05) is 43.0 Å². The van der Waals surface area contributed by atoms with Gasteiger partial charge in [-0.1, -0.05) is 23.7 Å². The largest absolute Gasteiger partial charge is 0.372 e. The number of nitrogens with zero attached hydrogens (tertiary/aromatic N) is 3. The molecule has 2 aromatic rings. The van der Waals surface area contributed by atoms with Crippen molar-refractivity contribution < 1.29 is 9.53 Å². The number of nitrogens with two attached hydrogens (primary N) is 1. The zero-order chi connectivity index (χ0) is 18.7. The number of nitrogen functional groups attached to an aromatic ring is 1. The van der Waals surface area contributed by atoms with E-state index in [-0.39, 0.29) is 29.2 Å². The van der Waals surface area contributed by atoms with Gasteiger partial charge in [-0.15, -0.1) is 0 Å². The lowest BCUT2D eigenvalue weighted by Crippen LogP contribution is -2.48. The van der Waals surface area contributed by atoms with E-state index in [2.05, 4.69) is 15.3 Å². The molecule has 1 fully saturated rings. The molecule has 2 heterocycles. The Bertz CT molecular complexity index is 753. The maximum atomic E-state index is 12.7. The third-order valence-corrected chi connectivity index (χ3v) is 4.29. The van der Waals surface area contributed by atoms with Crippen LogP contribution in [0.5, 0.6) is 0 Å². The Balaban J connectivity index is 1.62. The van der Waals surface area contributed by atoms with Crippen LogP contribution >= 0.6 is 11.6 Å². The lowest BCUT2D eigenvalue weighted by molar-refractivity contribution is -0.0586. The van der Waals surface area contributed by atoms with Gasteiger partial charge in [-0.25, -0.2) is 4.98 Å². The summed E-state index contributed by atoms with van der Waals surface area (Å²) in [6.07, 6.45) is 0.108. The molecule has 7 nitrogen and oxygen atoms in total. The van der Waals surface area contributed by atoms with E-state index in [0.29, 0.717) is 31.0 Å². The van der Waals surface area contributed by atoms with Crippen molar-refractivity contribution in [3.05, 3.63) is 46.6 Å². The van der Waals surface area contributed by atoms with Crippen molar-refractivity contribution in [3.63, 3.8) is 0 Å². The number of aromatic nitrogens is 2. The van der Waals surface area contributed by atoms with Gasteiger partial charge in [0, 0.05) is 31.3 Å². The first-order valence-electron chi connectivity index (χ1n) is 8.48. The molecule has 0 saturated carbocycles. The summed E-state index contributed by atoms with van der Waals surface area (Å²) in [6.45, 7) is 5.73. The number of anilines is 2. The molecule has 1 aromatic carbocycles. The summed E-state index contributed by atoms with van der Waals surface area (Å²) in [6, 6.07) is 9.12. The van der Waals surface area contributed by atoms with Crippen molar-refractivity contribution in [1.29, 1.82) is 0 Å². The normalized spacial score (nSPS) is 20.0. The monoisotopic (exact) mass is 375 g/mol. The molecule has 1 saturated heterocycles. The van der Waals surface area contributed by atoms with Gasteiger partial charge in [0.1, 0.15) is 11.0 Å². The Labute approximate surface area is 157 Å². The van der Waals surface area contributed by atoms with Crippen molar-refractivity contribution in [2.24, 2.45) is 0 Å². The highest BCUT2D eigenvalue weighted by atomic mass is 35.5. The Morgan fingerprint density at radius 1 is 1.27 bits per heavy atom. The number of nitrogens with one attached hydrogen (secondary N) is 1. The average molecular weight is 376 g/mol. The molecule has 2 unspecified atom stereocenters. The summed E-state index contributed by atoms with van der Waals surface area (Å²) < 4.78 is 5.68. The number of morpholine rings is 1. The van der Waals surface area contributed by atoms with Crippen molar-refractivity contribution >= 4 is 29.3 Å². The molecule has 1 aromatic heterocycles. The van der Waals surface area contributed by atoms with Gasteiger partial charge in [0.2, 0.25) is 5.95 Å². The fourth-order valence-corrected chi connectivity index (χ4v) is 3.20. The standard InChI is InChI=1S/C18H22ClN5O2/c1-11-9-24(10-12(2)26-11)17(25)14-5-3-13(4-6-14)8-21-16-7-15(19)22-18(20)23-16/h3-7,11-12H,8-10H2,1-2H3,(H3,20,21,22,23). The third kappa shape index (κ3) is 4.62. The van der Waals surface area contributed by atoms with Crippen LogP contribution in [0.2, 0.25) is 5.15 Å². The predicted octanol–water partition coefficient (Wildman–Crippen LogP) is 2.57. The van der Waals surface area contributed by atoms with Gasteiger partial charge in [-0.2, -0.15) is 4.98 Å². The number of hydrogen-bond acceptors (Lipinski definition) is 6. The molecule has 0 bridgehead atoms. The van der Waals surface area contributed by atoms with E-state index in [9.17, 15) is 4.79 Å². The first-order chi connectivity index (χ1) is 12.4. The lowest BCUT2D eigenvalue weighted by atomic mass is 10.1. The Morgan fingerprint density at radius 3 is 2.54 bits per heavy atom. The molecule has 1 aliphatic rings. The van der Waals surface area contributed by atoms with Crippen LogP contribution in [0.25, 0.3) is 0 Å². The van der Waals surface area contributed by atoms with Gasteiger partial charge in [0.05, 0.1) is 12.2 Å². The number of carbonyl (C=O) groups is 1. The molecule has 2 atom stereocenters. The van der Waals surface area contributed by atoms with Crippen molar-refractivity contribution in [2.75, 3.05) is 24.1 Å². The third-order valence-electron chi connectivity index (χ3n) is 4.09. The van der Waals surface area contributed by atoms with Gasteiger partial charge >= 0.3 is 0 Å². The Hall–Kier alpha value is -2.38. The average Bonchev–Trinajstić information content (AvgIpc) is 2.58. The highest BCUT2D eigenvalue weighted by Gasteiger charge is 2.26. The summed E-state index contributed by atoms with van der Waals surface area (Å²) in [5.41, 5.74) is 7.26. The van der Waals surface area contributed by atoms with E-state index >= 15 is 0 Å². The second kappa shape index (κ2) is 7.88. The van der Waals surface area contributed by atoms with Crippen LogP contribution in [0, 0.1) is 0 Å². The molecule has 0 radical (unpaired) electrons. The molecule has 1 aliphatic heterocycles. The lowest BCUT2D eigenvalue weighted by Gasteiger charge is -2.35. The number of carbonyl (C=O) groups excluding carboxylic acids is 1. The topological polar surface area (TPSA) is 93.4 Å². The summed E-state index contributed by atoms with van der Waals surface area (Å²) >= 11 is 5.86. The first-order valence-corrected chi connectivity index (χ1v) is 8.86. The molecule has 3 rings (SSSR count). The van der Waals surface area contributed by atoms with Gasteiger partial charge in [-0.3, -0.25) is 4.79 Å². The SMILES string of the molecule is CC1CN(C(=O)c2ccc(CNc3cc(Cl)nc(N)n3)cc2)CC(C)O1. The number of ether oxygens (including phenoxy) is 1. The quantitative estimate of drug-likeness (QED) is 0.798. The number of amides is 1. The molecule has 138 valence electrons. The number of rotatable bonds is 4. The minimum Gasteiger partial charge on any atom is -0.372 e. The highest BCUT2D eigenvalue weighted by Crippen LogP contribution is 2.16. The van der Waals surface area contributed by atoms with Crippen LogP contribution < -0.4 is 11.1 Å². The van der Waals surface area contributed by atoms with Crippen LogP contribution in [0.3, 0.4) is 0 Å². The van der Waals surface area contributed by atoms with Crippen molar-refractivity contribution in [3.8, 4) is 0 Å². The minimum absolute atomic E-state index is 0.0295. The molecule has 26 heavy (non-hydrogen) atoms. The molecular weight excluding hydrogens is 354 g/mol. The van der Waals surface area contributed by atoms with Crippen LogP contribution in [0.1, 0.15) is 29.8 Å². The van der Waals surface area contributed by atoms with Gasteiger partial charge in [0.25, 0.3) is 5.91 Å². The van der Waals surface area contributed by atoms with Crippen LogP contribution in [0.15, 0.2) is 30.3 Å². The summed E-state index contributed by atoms with van der Waals surface area (Å²) in [5.74, 6) is 0.704. The maximum Gasteiger partial charge on any atom is 0.254 e. The van der Waals surface area contributed by atoms with E-state index < -0.39 is 0 Å². The van der Waals surface area contributed by atoms with E-state index in [0.717, 1.165) is 5.56 Å². The molecule has 0 spiro atoms. The molecular formula is C18H22ClN5O2. The predicted molar refractivity (Wildman–Crippen MR) is 101 cm³/mol. The smallest absolute Gasteiger partial charge is 0.254 e. The molecule has 3 N–H and O–H groups in total. The van der Waals surface area contributed by atoms with Crippen molar-refractivity contribution in [1.82, 2.24) is 14.9 Å². The first kappa shape index (κ1) is 18.4. The summed E-state index contributed by atoms with van der Waals surface area (Å²) in [4.78, 5) is 22.4. The fourth-order valence-electron chi connectivity index (χ4n) is 3.01. The highest BCUT2D eigenvalue weighted by molar-refractivity contribution is 6.29. The van der Waals surface area contributed by atoms with Gasteiger partial charge in [0.15, 0.2) is 0 Å². The van der Waals surface area contributed by atoms with Crippen LogP contribution in [0.4, 0.5) is 11.8 Å². The molecule has 8 heteroatoms. The van der Waals surface area contributed by atoms with E-state index in [1.165, 1.54) is 0 Å². The Morgan fingerprint density at radius 2 is 1.92 bits per heavy atom. The van der Waals surface area contributed by atoms with Gasteiger partial charge in [-0.05, 0) is 31.5 Å². The summed E-state index contributed by atoms with van der Waals surface area (Å²) in [5, 5.41) is 3.43. The van der Waals surface area contributed by atoms with Gasteiger partial charge < -0.3 is 20.7 Å². The molecule has 0 aliphatic carbocycles. The number of hydrogen-bond donors (Lipinski definition) is 2. The minimum atomic E-state index is 0.0295. The second-order valence-corrected chi connectivity index (χ2v) is 6.84. The maximum absolute atomic E-state index is 12.7. The zero-order valence-electron chi connectivity index (χ0n) is 14.8. The Kier molecular flexibility index (Phi) is 5.58. The number of benzene rings is 1. The number of halogens is 1. The molecule has 1 amide bonds. The van der Waals surface area contributed by atoms with Crippen LogP contribution in [-0.2, 0) is 11.3 Å². The fraction of sp³-hybridized carbons (Fsp3) is 0.389. The zero-order valence-corrected chi connectivity index (χ0v) is 15.5.